The molecule has 1 fully saturated rings. The molecule has 0 aromatic heterocycles. The maximum Gasteiger partial charge on any atom is 0.127 e. The van der Waals surface area contributed by atoms with Gasteiger partial charge in [-0.2, -0.15) is 0 Å². The van der Waals surface area contributed by atoms with Crippen molar-refractivity contribution >= 4 is 0 Å². The van der Waals surface area contributed by atoms with Crippen molar-refractivity contribution in [2.45, 2.75) is 45.3 Å². The summed E-state index contributed by atoms with van der Waals surface area (Å²) in [4.78, 5) is 0. The van der Waals surface area contributed by atoms with E-state index in [9.17, 15) is 5.11 Å². The molecule has 1 N–H and O–H groups in total. The van der Waals surface area contributed by atoms with Gasteiger partial charge in [-0.1, -0.05) is 12.1 Å². The van der Waals surface area contributed by atoms with E-state index in [1.165, 1.54) is 0 Å². The lowest BCUT2D eigenvalue weighted by Crippen LogP contribution is -2.44. The molecule has 4 heteroatoms. The van der Waals surface area contributed by atoms with E-state index in [1.54, 1.807) is 7.11 Å². The predicted molar refractivity (Wildman–Crippen MR) is 81.8 cm³/mol. The van der Waals surface area contributed by atoms with Crippen molar-refractivity contribution in [1.29, 1.82) is 0 Å². The van der Waals surface area contributed by atoms with Crippen LogP contribution in [0.5, 0.6) is 5.75 Å². The molecule has 0 amide bonds. The van der Waals surface area contributed by atoms with Gasteiger partial charge in [-0.15, -0.1) is 0 Å². The van der Waals surface area contributed by atoms with Gasteiger partial charge in [0, 0.05) is 38.2 Å². The minimum atomic E-state index is -0.712. The Bertz CT molecular complexity index is 472. The van der Waals surface area contributed by atoms with Crippen molar-refractivity contribution in [3.05, 3.63) is 28.8 Å². The number of hydrogen-bond donors (Lipinski definition) is 1. The van der Waals surface area contributed by atoms with E-state index in [0.717, 1.165) is 22.4 Å². The lowest BCUT2D eigenvalue weighted by Gasteiger charge is -2.41. The summed E-state index contributed by atoms with van der Waals surface area (Å²) in [7, 11) is 1.65. The Morgan fingerprint density at radius 1 is 1.29 bits per heavy atom. The zero-order valence-corrected chi connectivity index (χ0v) is 13.4. The number of rotatable bonds is 5. The molecule has 4 nitrogen and oxygen atoms in total. The van der Waals surface area contributed by atoms with Crippen molar-refractivity contribution in [1.82, 2.24) is 0 Å². The Balaban J connectivity index is 2.41. The lowest BCUT2D eigenvalue weighted by atomic mass is 9.83. The highest BCUT2D eigenvalue weighted by molar-refractivity contribution is 5.47. The third-order valence-corrected chi connectivity index (χ3v) is 4.48. The van der Waals surface area contributed by atoms with Crippen molar-refractivity contribution in [2.24, 2.45) is 0 Å². The van der Waals surface area contributed by atoms with Gasteiger partial charge in [0.25, 0.3) is 0 Å². The van der Waals surface area contributed by atoms with E-state index in [4.69, 9.17) is 14.2 Å². The van der Waals surface area contributed by atoms with Crippen LogP contribution in [-0.4, -0.2) is 37.6 Å². The van der Waals surface area contributed by atoms with Crippen LogP contribution >= 0.6 is 0 Å². The Morgan fingerprint density at radius 2 is 1.95 bits per heavy atom. The molecule has 0 bridgehead atoms. The largest absolute Gasteiger partial charge is 0.496 e. The van der Waals surface area contributed by atoms with Gasteiger partial charge in [0.05, 0.1) is 7.11 Å². The van der Waals surface area contributed by atoms with E-state index in [2.05, 4.69) is 0 Å². The SMILES string of the molecule is CCOC1(C(O)c2ccc(C)c(C)c2OC)CCOCC1. The van der Waals surface area contributed by atoms with Crippen LogP contribution in [0.1, 0.15) is 42.6 Å². The molecule has 118 valence electrons. The third kappa shape index (κ3) is 3.07. The average Bonchev–Trinajstić information content (AvgIpc) is 2.50. The van der Waals surface area contributed by atoms with Gasteiger partial charge in [0.1, 0.15) is 17.5 Å². The molecular formula is C17H26O4. The number of aliphatic hydroxyl groups is 1. The van der Waals surface area contributed by atoms with Gasteiger partial charge in [0.15, 0.2) is 0 Å². The Kier molecular flexibility index (Phi) is 5.25. The molecule has 0 aliphatic carbocycles. The Morgan fingerprint density at radius 3 is 2.52 bits per heavy atom. The Labute approximate surface area is 127 Å². The number of ether oxygens (including phenoxy) is 3. The summed E-state index contributed by atoms with van der Waals surface area (Å²) in [5.41, 5.74) is 2.44. The number of methoxy groups -OCH3 is 1. The molecule has 0 spiro atoms. The minimum absolute atomic E-state index is 0.574. The van der Waals surface area contributed by atoms with E-state index >= 15 is 0 Å². The lowest BCUT2D eigenvalue weighted by molar-refractivity contribution is -0.168. The van der Waals surface area contributed by atoms with Crippen molar-refractivity contribution in [3.63, 3.8) is 0 Å². The fourth-order valence-electron chi connectivity index (χ4n) is 3.08. The van der Waals surface area contributed by atoms with Crippen molar-refractivity contribution in [2.75, 3.05) is 26.9 Å². The standard InChI is InChI=1S/C17H26O4/c1-5-21-17(8-10-20-11-9-17)16(18)14-7-6-12(2)13(3)15(14)19-4/h6-7,16,18H,5,8-11H2,1-4H3. The fourth-order valence-corrected chi connectivity index (χ4v) is 3.08. The molecule has 1 aromatic carbocycles. The number of aliphatic hydroxyl groups excluding tert-OH is 1. The molecule has 1 atom stereocenters. The number of hydrogen-bond acceptors (Lipinski definition) is 4. The molecule has 1 saturated heterocycles. The molecular weight excluding hydrogens is 268 g/mol. The van der Waals surface area contributed by atoms with Gasteiger partial charge in [0.2, 0.25) is 0 Å². The average molecular weight is 294 g/mol. The maximum absolute atomic E-state index is 11.0. The monoisotopic (exact) mass is 294 g/mol. The van der Waals surface area contributed by atoms with Gasteiger partial charge in [-0.25, -0.2) is 0 Å². The quantitative estimate of drug-likeness (QED) is 0.907. The summed E-state index contributed by atoms with van der Waals surface area (Å²) in [6.45, 7) is 7.82. The van der Waals surface area contributed by atoms with Crippen LogP contribution < -0.4 is 4.74 Å². The van der Waals surface area contributed by atoms with Crippen molar-refractivity contribution < 1.29 is 19.3 Å². The summed E-state index contributed by atoms with van der Waals surface area (Å²) in [6, 6.07) is 3.97. The second-order valence-corrected chi connectivity index (χ2v) is 5.64. The van der Waals surface area contributed by atoms with Gasteiger partial charge < -0.3 is 19.3 Å². The van der Waals surface area contributed by atoms with Crippen LogP contribution in [0.4, 0.5) is 0 Å². The first kappa shape index (κ1) is 16.3. The van der Waals surface area contributed by atoms with E-state index in [1.807, 2.05) is 32.9 Å². The van der Waals surface area contributed by atoms with E-state index in [0.29, 0.717) is 32.7 Å². The number of benzene rings is 1. The topological polar surface area (TPSA) is 47.9 Å². The number of aryl methyl sites for hydroxylation is 1. The zero-order valence-electron chi connectivity index (χ0n) is 13.4. The highest BCUT2D eigenvalue weighted by Crippen LogP contribution is 2.42. The normalized spacial score (nSPS) is 19.3. The summed E-state index contributed by atoms with van der Waals surface area (Å²) < 4.78 is 17.0. The van der Waals surface area contributed by atoms with Crippen LogP contribution in [0.2, 0.25) is 0 Å². The maximum atomic E-state index is 11.0. The molecule has 2 rings (SSSR count). The molecule has 1 aliphatic heterocycles. The van der Waals surface area contributed by atoms with Gasteiger partial charge >= 0.3 is 0 Å². The first-order valence-corrected chi connectivity index (χ1v) is 7.59. The van der Waals surface area contributed by atoms with Crippen LogP contribution in [0, 0.1) is 13.8 Å². The molecule has 0 radical (unpaired) electrons. The van der Waals surface area contributed by atoms with Crippen LogP contribution in [0.3, 0.4) is 0 Å². The van der Waals surface area contributed by atoms with Gasteiger partial charge in [-0.05, 0) is 31.9 Å². The summed E-state index contributed by atoms with van der Waals surface area (Å²) in [6.07, 6.45) is 0.673. The summed E-state index contributed by atoms with van der Waals surface area (Å²) in [5, 5.41) is 11.0. The van der Waals surface area contributed by atoms with Crippen LogP contribution in [0.25, 0.3) is 0 Å². The smallest absolute Gasteiger partial charge is 0.127 e. The van der Waals surface area contributed by atoms with E-state index < -0.39 is 11.7 Å². The van der Waals surface area contributed by atoms with E-state index in [-0.39, 0.29) is 0 Å². The zero-order chi connectivity index (χ0) is 15.5. The second kappa shape index (κ2) is 6.77. The first-order valence-electron chi connectivity index (χ1n) is 7.59. The highest BCUT2D eigenvalue weighted by Gasteiger charge is 2.42. The Hall–Kier alpha value is -1.10. The second-order valence-electron chi connectivity index (χ2n) is 5.64. The molecule has 0 saturated carbocycles. The molecule has 1 aromatic rings. The van der Waals surface area contributed by atoms with Crippen LogP contribution in [-0.2, 0) is 9.47 Å². The fraction of sp³-hybridized carbons (Fsp3) is 0.647. The minimum Gasteiger partial charge on any atom is -0.496 e. The molecule has 1 aliphatic rings. The molecule has 1 unspecified atom stereocenters. The summed E-state index contributed by atoms with van der Waals surface area (Å²) >= 11 is 0. The third-order valence-electron chi connectivity index (χ3n) is 4.48. The highest BCUT2D eigenvalue weighted by atomic mass is 16.5. The summed E-state index contributed by atoms with van der Waals surface area (Å²) in [5.74, 6) is 0.757. The molecule has 21 heavy (non-hydrogen) atoms. The van der Waals surface area contributed by atoms with Crippen molar-refractivity contribution in [3.8, 4) is 5.75 Å². The van der Waals surface area contributed by atoms with Gasteiger partial charge in [-0.3, -0.25) is 0 Å². The first-order chi connectivity index (χ1) is 10.1. The van der Waals surface area contributed by atoms with Crippen LogP contribution in [0.15, 0.2) is 12.1 Å². The molecule has 1 heterocycles. The predicted octanol–water partition coefficient (Wildman–Crippen LogP) is 2.93.